The Morgan fingerprint density at radius 2 is 1.82 bits per heavy atom. The van der Waals surface area contributed by atoms with Gasteiger partial charge in [-0.15, -0.1) is 0 Å². The lowest BCUT2D eigenvalue weighted by atomic mass is 10.0. The Labute approximate surface area is 106 Å². The minimum atomic E-state index is 0.417. The summed E-state index contributed by atoms with van der Waals surface area (Å²) in [7, 11) is 4.37. The Kier molecular flexibility index (Phi) is 4.83. The SMILES string of the molecule is CN(C)CC1CCCN1C1CCCCCC1N. The fourth-order valence-electron chi connectivity index (χ4n) is 3.64. The molecule has 1 heterocycles. The number of nitrogens with zero attached hydrogens (tertiary/aromatic N) is 2. The first-order valence-corrected chi connectivity index (χ1v) is 7.34. The van der Waals surface area contributed by atoms with Crippen molar-refractivity contribution in [1.29, 1.82) is 0 Å². The van der Waals surface area contributed by atoms with E-state index in [-0.39, 0.29) is 0 Å². The molecule has 100 valence electrons. The van der Waals surface area contributed by atoms with Crippen molar-refractivity contribution in [3.63, 3.8) is 0 Å². The van der Waals surface area contributed by atoms with Gasteiger partial charge in [0.1, 0.15) is 0 Å². The van der Waals surface area contributed by atoms with Gasteiger partial charge in [-0.05, 0) is 46.3 Å². The van der Waals surface area contributed by atoms with E-state index in [1.807, 2.05) is 0 Å². The molecule has 0 amide bonds. The van der Waals surface area contributed by atoms with Crippen molar-refractivity contribution in [2.24, 2.45) is 5.73 Å². The van der Waals surface area contributed by atoms with Crippen molar-refractivity contribution in [2.75, 3.05) is 27.2 Å². The van der Waals surface area contributed by atoms with Crippen LogP contribution in [0.5, 0.6) is 0 Å². The van der Waals surface area contributed by atoms with E-state index in [4.69, 9.17) is 5.73 Å². The Hall–Kier alpha value is -0.120. The smallest absolute Gasteiger partial charge is 0.0250 e. The molecule has 0 aromatic rings. The van der Waals surface area contributed by atoms with E-state index in [0.717, 1.165) is 6.04 Å². The quantitative estimate of drug-likeness (QED) is 0.761. The van der Waals surface area contributed by atoms with Gasteiger partial charge >= 0.3 is 0 Å². The molecular formula is C14H29N3. The summed E-state index contributed by atoms with van der Waals surface area (Å²) in [6.45, 7) is 2.47. The predicted octanol–water partition coefficient (Wildman–Crippen LogP) is 1.67. The summed E-state index contributed by atoms with van der Waals surface area (Å²) < 4.78 is 0. The molecule has 0 aromatic carbocycles. The molecule has 1 saturated carbocycles. The second-order valence-corrected chi connectivity index (χ2v) is 6.17. The highest BCUT2D eigenvalue weighted by Crippen LogP contribution is 2.28. The van der Waals surface area contributed by atoms with Gasteiger partial charge in [-0.2, -0.15) is 0 Å². The van der Waals surface area contributed by atoms with E-state index in [2.05, 4.69) is 23.9 Å². The van der Waals surface area contributed by atoms with Crippen LogP contribution in [0.1, 0.15) is 44.9 Å². The molecule has 3 nitrogen and oxygen atoms in total. The van der Waals surface area contributed by atoms with Crippen LogP contribution in [0.3, 0.4) is 0 Å². The van der Waals surface area contributed by atoms with E-state index in [9.17, 15) is 0 Å². The third-order valence-electron chi connectivity index (χ3n) is 4.46. The largest absolute Gasteiger partial charge is 0.326 e. The number of likely N-dealkylation sites (N-methyl/N-ethyl adjacent to an activating group) is 1. The Balaban J connectivity index is 1.98. The highest BCUT2D eigenvalue weighted by molar-refractivity contribution is 4.92. The standard InChI is InChI=1S/C14H29N3/c1-16(2)11-12-7-6-10-17(12)14-9-5-3-4-8-13(14)15/h12-14H,3-11,15H2,1-2H3. The number of hydrogen-bond donors (Lipinski definition) is 1. The van der Waals surface area contributed by atoms with Crippen molar-refractivity contribution in [3.05, 3.63) is 0 Å². The number of likely N-dealkylation sites (tertiary alicyclic amines) is 1. The molecule has 2 rings (SSSR count). The molecule has 3 heteroatoms. The first kappa shape index (κ1) is 13.3. The van der Waals surface area contributed by atoms with Gasteiger partial charge in [0.25, 0.3) is 0 Å². The summed E-state index contributed by atoms with van der Waals surface area (Å²) in [6.07, 6.45) is 9.38. The second-order valence-electron chi connectivity index (χ2n) is 6.17. The zero-order valence-corrected chi connectivity index (χ0v) is 11.6. The molecule has 2 aliphatic rings. The average Bonchev–Trinajstić information content (AvgIpc) is 2.59. The molecule has 0 bridgehead atoms. The van der Waals surface area contributed by atoms with Gasteiger partial charge in [0.15, 0.2) is 0 Å². The van der Waals surface area contributed by atoms with Crippen LogP contribution in [-0.2, 0) is 0 Å². The fourth-order valence-corrected chi connectivity index (χ4v) is 3.64. The number of nitrogens with two attached hydrogens (primary N) is 1. The maximum atomic E-state index is 6.40. The molecule has 2 N–H and O–H groups in total. The summed E-state index contributed by atoms with van der Waals surface area (Å²) in [6, 6.07) is 1.82. The maximum Gasteiger partial charge on any atom is 0.0250 e. The third kappa shape index (κ3) is 3.43. The first-order valence-electron chi connectivity index (χ1n) is 7.34. The topological polar surface area (TPSA) is 32.5 Å². The molecule has 3 unspecified atom stereocenters. The molecule has 3 atom stereocenters. The molecule has 1 aliphatic carbocycles. The molecule has 2 fully saturated rings. The number of hydrogen-bond acceptors (Lipinski definition) is 3. The first-order chi connectivity index (χ1) is 8.18. The van der Waals surface area contributed by atoms with E-state index in [1.165, 1.54) is 58.0 Å². The fraction of sp³-hybridized carbons (Fsp3) is 1.00. The van der Waals surface area contributed by atoms with Gasteiger partial charge in [0.05, 0.1) is 0 Å². The monoisotopic (exact) mass is 239 g/mol. The van der Waals surface area contributed by atoms with Gasteiger partial charge in [-0.1, -0.05) is 19.3 Å². The molecule has 1 aliphatic heterocycles. The van der Waals surface area contributed by atoms with Gasteiger partial charge in [0, 0.05) is 24.7 Å². The lowest BCUT2D eigenvalue weighted by molar-refractivity contribution is 0.127. The predicted molar refractivity (Wildman–Crippen MR) is 73.1 cm³/mol. The van der Waals surface area contributed by atoms with Gasteiger partial charge in [-0.25, -0.2) is 0 Å². The van der Waals surface area contributed by atoms with Gasteiger partial charge in [-0.3, -0.25) is 4.90 Å². The van der Waals surface area contributed by atoms with Crippen LogP contribution in [0.4, 0.5) is 0 Å². The Bertz CT molecular complexity index is 230. The molecule has 0 aromatic heterocycles. The zero-order valence-electron chi connectivity index (χ0n) is 11.6. The van der Waals surface area contributed by atoms with E-state index >= 15 is 0 Å². The summed E-state index contributed by atoms with van der Waals surface area (Å²) >= 11 is 0. The molecular weight excluding hydrogens is 210 g/mol. The molecule has 17 heavy (non-hydrogen) atoms. The summed E-state index contributed by atoms with van der Waals surface area (Å²) in [4.78, 5) is 5.06. The van der Waals surface area contributed by atoms with Crippen LogP contribution in [0, 0.1) is 0 Å². The Morgan fingerprint density at radius 3 is 2.59 bits per heavy atom. The van der Waals surface area contributed by atoms with Crippen LogP contribution in [-0.4, -0.2) is 55.1 Å². The zero-order chi connectivity index (χ0) is 12.3. The molecule has 0 spiro atoms. The third-order valence-corrected chi connectivity index (χ3v) is 4.46. The van der Waals surface area contributed by atoms with E-state index < -0.39 is 0 Å². The second kappa shape index (κ2) is 6.17. The summed E-state index contributed by atoms with van der Waals surface area (Å²) in [5, 5.41) is 0. The van der Waals surface area contributed by atoms with Gasteiger partial charge < -0.3 is 10.6 Å². The van der Waals surface area contributed by atoms with Crippen molar-refractivity contribution in [1.82, 2.24) is 9.80 Å². The lowest BCUT2D eigenvalue weighted by Crippen LogP contribution is -2.51. The molecule has 1 saturated heterocycles. The van der Waals surface area contributed by atoms with Crippen LogP contribution < -0.4 is 5.73 Å². The molecule has 0 radical (unpaired) electrons. The van der Waals surface area contributed by atoms with Crippen molar-refractivity contribution < 1.29 is 0 Å². The van der Waals surface area contributed by atoms with Crippen LogP contribution in [0.2, 0.25) is 0 Å². The summed E-state index contributed by atoms with van der Waals surface area (Å²) in [5.41, 5.74) is 6.40. The summed E-state index contributed by atoms with van der Waals surface area (Å²) in [5.74, 6) is 0. The minimum Gasteiger partial charge on any atom is -0.326 e. The maximum absolute atomic E-state index is 6.40. The number of rotatable bonds is 3. The average molecular weight is 239 g/mol. The van der Waals surface area contributed by atoms with Crippen LogP contribution in [0.15, 0.2) is 0 Å². The van der Waals surface area contributed by atoms with E-state index in [0.29, 0.717) is 12.1 Å². The van der Waals surface area contributed by atoms with Crippen molar-refractivity contribution in [2.45, 2.75) is 63.1 Å². The highest BCUT2D eigenvalue weighted by atomic mass is 15.2. The lowest BCUT2D eigenvalue weighted by Gasteiger charge is -2.37. The highest BCUT2D eigenvalue weighted by Gasteiger charge is 2.34. The van der Waals surface area contributed by atoms with E-state index in [1.54, 1.807) is 0 Å². The van der Waals surface area contributed by atoms with Gasteiger partial charge in [0.2, 0.25) is 0 Å². The van der Waals surface area contributed by atoms with Crippen LogP contribution in [0.25, 0.3) is 0 Å². The van der Waals surface area contributed by atoms with Crippen LogP contribution >= 0.6 is 0 Å². The van der Waals surface area contributed by atoms with Crippen molar-refractivity contribution in [3.8, 4) is 0 Å². The minimum absolute atomic E-state index is 0.417. The normalized spacial score (nSPS) is 36.4. The Morgan fingerprint density at radius 1 is 1.06 bits per heavy atom. The van der Waals surface area contributed by atoms with Crippen molar-refractivity contribution >= 4 is 0 Å².